The minimum absolute atomic E-state index is 0.111. The summed E-state index contributed by atoms with van der Waals surface area (Å²) >= 11 is 3.42. The Kier molecular flexibility index (Phi) is 7.21. The number of hydrogen-bond donors (Lipinski definition) is 2. The molecule has 0 saturated carbocycles. The number of fused-ring (bicyclic) bond motifs is 1. The number of para-hydroxylation sites is 1. The van der Waals surface area contributed by atoms with Gasteiger partial charge in [0.1, 0.15) is 24.3 Å². The molecule has 0 unspecified atom stereocenters. The fourth-order valence-electron chi connectivity index (χ4n) is 3.75. The Morgan fingerprint density at radius 2 is 1.70 bits per heavy atom. The van der Waals surface area contributed by atoms with Crippen LogP contribution in [0.15, 0.2) is 56.3 Å². The van der Waals surface area contributed by atoms with Gasteiger partial charge in [-0.1, -0.05) is 39.8 Å². The van der Waals surface area contributed by atoms with Crippen LogP contribution in [0, 0.1) is 11.8 Å². The lowest BCUT2D eigenvalue weighted by Gasteiger charge is -2.24. The molecule has 30 heavy (non-hydrogen) atoms. The van der Waals surface area contributed by atoms with Gasteiger partial charge in [0.05, 0.1) is 28.5 Å². The number of rotatable bonds is 8. The Balaban J connectivity index is 2.00. The maximum absolute atomic E-state index is 13.1. The van der Waals surface area contributed by atoms with Crippen LogP contribution in [0.3, 0.4) is 0 Å². The maximum Gasteiger partial charge on any atom is 0.235 e. The van der Waals surface area contributed by atoms with Gasteiger partial charge >= 0.3 is 0 Å². The van der Waals surface area contributed by atoms with Crippen molar-refractivity contribution in [1.29, 1.82) is 0 Å². The average Bonchev–Trinajstić information content (AvgIpc) is 2.66. The number of quaternary nitrogens is 1. The van der Waals surface area contributed by atoms with E-state index in [1.807, 2.05) is 18.2 Å². The van der Waals surface area contributed by atoms with E-state index in [9.17, 15) is 9.90 Å². The van der Waals surface area contributed by atoms with E-state index in [-0.39, 0.29) is 16.9 Å². The van der Waals surface area contributed by atoms with Crippen LogP contribution in [0.4, 0.5) is 0 Å². The molecule has 160 valence electrons. The van der Waals surface area contributed by atoms with Crippen LogP contribution in [-0.4, -0.2) is 18.2 Å². The van der Waals surface area contributed by atoms with Crippen molar-refractivity contribution >= 4 is 26.9 Å². The number of halogens is 1. The first-order chi connectivity index (χ1) is 14.3. The van der Waals surface area contributed by atoms with Crippen LogP contribution in [0.5, 0.6) is 17.2 Å². The van der Waals surface area contributed by atoms with Gasteiger partial charge in [-0.2, -0.15) is 0 Å². The summed E-state index contributed by atoms with van der Waals surface area (Å²) in [7, 11) is 0. The molecule has 3 rings (SSSR count). The van der Waals surface area contributed by atoms with Crippen molar-refractivity contribution in [3.05, 3.63) is 62.9 Å². The highest BCUT2D eigenvalue weighted by molar-refractivity contribution is 9.10. The summed E-state index contributed by atoms with van der Waals surface area (Å²) in [4.78, 5) is 14.4. The fourth-order valence-corrected chi connectivity index (χ4v) is 4.11. The van der Waals surface area contributed by atoms with E-state index >= 15 is 0 Å². The number of ether oxygens (including phenoxy) is 1. The summed E-state index contributed by atoms with van der Waals surface area (Å²) in [6.45, 7) is 11.3. The molecule has 1 heterocycles. The fraction of sp³-hybridized carbons (Fsp3) is 0.375. The summed E-state index contributed by atoms with van der Waals surface area (Å²) in [5, 5.41) is 10.9. The second-order valence-corrected chi connectivity index (χ2v) is 9.38. The Labute approximate surface area is 185 Å². The van der Waals surface area contributed by atoms with Gasteiger partial charge in [0.2, 0.25) is 11.2 Å². The van der Waals surface area contributed by atoms with Crippen LogP contribution in [0.1, 0.15) is 33.3 Å². The quantitative estimate of drug-likeness (QED) is 0.494. The van der Waals surface area contributed by atoms with Crippen LogP contribution in [0.25, 0.3) is 11.0 Å². The van der Waals surface area contributed by atoms with Crippen molar-refractivity contribution in [2.45, 2.75) is 34.2 Å². The SMILES string of the molecule is CC(C)C[NH+](Cc1c(O)ccc2c(=O)c(Oc3ccccc3Br)coc12)CC(C)C. The molecule has 0 aliphatic heterocycles. The van der Waals surface area contributed by atoms with Crippen molar-refractivity contribution in [3.63, 3.8) is 0 Å². The second-order valence-electron chi connectivity index (χ2n) is 8.52. The highest BCUT2D eigenvalue weighted by Crippen LogP contribution is 2.30. The van der Waals surface area contributed by atoms with Gasteiger partial charge in [0.15, 0.2) is 5.58 Å². The van der Waals surface area contributed by atoms with E-state index in [2.05, 4.69) is 43.6 Å². The molecule has 5 nitrogen and oxygen atoms in total. The number of phenolic OH excluding ortho intramolecular Hbond substituents is 1. The smallest absolute Gasteiger partial charge is 0.235 e. The normalized spacial score (nSPS) is 11.7. The molecular weight excluding hydrogens is 446 g/mol. The lowest BCUT2D eigenvalue weighted by Crippen LogP contribution is -3.11. The van der Waals surface area contributed by atoms with E-state index < -0.39 is 0 Å². The van der Waals surface area contributed by atoms with Crippen LogP contribution >= 0.6 is 15.9 Å². The summed E-state index contributed by atoms with van der Waals surface area (Å²) in [6, 6.07) is 10.5. The first-order valence-electron chi connectivity index (χ1n) is 10.3. The molecule has 0 aliphatic rings. The number of phenols is 1. The van der Waals surface area contributed by atoms with Crippen molar-refractivity contribution in [2.24, 2.45) is 11.8 Å². The molecule has 0 aliphatic carbocycles. The Morgan fingerprint density at radius 1 is 1.03 bits per heavy atom. The summed E-state index contributed by atoms with van der Waals surface area (Å²) in [6.07, 6.45) is 1.33. The lowest BCUT2D eigenvalue weighted by molar-refractivity contribution is -0.919. The third-order valence-electron chi connectivity index (χ3n) is 4.87. The largest absolute Gasteiger partial charge is 0.507 e. The Hall–Kier alpha value is -2.31. The third-order valence-corrected chi connectivity index (χ3v) is 5.52. The maximum atomic E-state index is 13.1. The highest BCUT2D eigenvalue weighted by atomic mass is 79.9. The third kappa shape index (κ3) is 5.24. The van der Waals surface area contributed by atoms with Gasteiger partial charge in [-0.05, 0) is 40.2 Å². The van der Waals surface area contributed by atoms with Crippen molar-refractivity contribution in [3.8, 4) is 17.2 Å². The van der Waals surface area contributed by atoms with Gasteiger partial charge in [0, 0.05) is 11.8 Å². The van der Waals surface area contributed by atoms with Crippen molar-refractivity contribution < 1.29 is 19.2 Å². The monoisotopic (exact) mass is 474 g/mol. The predicted octanol–water partition coefficient (Wildman–Crippen LogP) is 4.75. The number of nitrogens with one attached hydrogen (secondary N) is 1. The van der Waals surface area contributed by atoms with Gasteiger partial charge in [0.25, 0.3) is 0 Å². The van der Waals surface area contributed by atoms with Gasteiger partial charge in [-0.3, -0.25) is 4.79 Å². The molecule has 3 aromatic rings. The van der Waals surface area contributed by atoms with Crippen LogP contribution in [0.2, 0.25) is 0 Å². The first kappa shape index (κ1) is 22.4. The first-order valence-corrected chi connectivity index (χ1v) is 11.1. The minimum atomic E-state index is -0.262. The molecular formula is C24H29BrNO4+. The molecule has 0 radical (unpaired) electrons. The summed E-state index contributed by atoms with van der Waals surface area (Å²) in [5.41, 5.74) is 0.820. The number of benzene rings is 2. The minimum Gasteiger partial charge on any atom is -0.507 e. The second kappa shape index (κ2) is 9.67. The predicted molar refractivity (Wildman–Crippen MR) is 122 cm³/mol. The van der Waals surface area contributed by atoms with Crippen molar-refractivity contribution in [1.82, 2.24) is 0 Å². The highest BCUT2D eigenvalue weighted by Gasteiger charge is 2.21. The molecule has 2 N–H and O–H groups in total. The number of aromatic hydroxyl groups is 1. The Bertz CT molecular complexity index is 1060. The topological polar surface area (TPSA) is 64.1 Å². The van der Waals surface area contributed by atoms with E-state index in [0.29, 0.717) is 40.7 Å². The van der Waals surface area contributed by atoms with Gasteiger partial charge < -0.3 is 19.2 Å². The van der Waals surface area contributed by atoms with E-state index in [1.165, 1.54) is 11.2 Å². The lowest BCUT2D eigenvalue weighted by atomic mass is 10.1. The molecule has 0 amide bonds. The number of hydrogen-bond acceptors (Lipinski definition) is 4. The molecule has 0 bridgehead atoms. The van der Waals surface area contributed by atoms with E-state index in [0.717, 1.165) is 17.6 Å². The summed E-state index contributed by atoms with van der Waals surface area (Å²) < 4.78 is 12.4. The molecule has 0 fully saturated rings. The van der Waals surface area contributed by atoms with E-state index in [4.69, 9.17) is 9.15 Å². The zero-order valence-corrected chi connectivity index (χ0v) is 19.5. The molecule has 2 aromatic carbocycles. The molecule has 6 heteroatoms. The Morgan fingerprint density at radius 3 is 2.33 bits per heavy atom. The zero-order chi connectivity index (χ0) is 21.8. The molecule has 1 aromatic heterocycles. The molecule has 0 atom stereocenters. The van der Waals surface area contributed by atoms with Crippen molar-refractivity contribution in [2.75, 3.05) is 13.1 Å². The standard InChI is InChI=1S/C24H28BrNO4/c1-15(2)11-26(12-16(3)4)13-18-20(27)10-9-17-23(28)22(14-29-24(17)18)30-21-8-6-5-7-19(21)25/h5-10,14-16,27H,11-13H2,1-4H3/p+1. The van der Waals surface area contributed by atoms with Crippen LogP contribution in [-0.2, 0) is 6.54 Å². The average molecular weight is 475 g/mol. The summed E-state index contributed by atoms with van der Waals surface area (Å²) in [5.74, 6) is 1.83. The van der Waals surface area contributed by atoms with Crippen LogP contribution < -0.4 is 15.1 Å². The van der Waals surface area contributed by atoms with E-state index in [1.54, 1.807) is 18.2 Å². The van der Waals surface area contributed by atoms with Gasteiger partial charge in [-0.25, -0.2) is 0 Å². The zero-order valence-electron chi connectivity index (χ0n) is 17.9. The molecule has 0 spiro atoms. The molecule has 0 saturated heterocycles. The van der Waals surface area contributed by atoms with Gasteiger partial charge in [-0.15, -0.1) is 0 Å².